The Bertz CT molecular complexity index is 308. The van der Waals surface area contributed by atoms with Crippen LogP contribution in [-0.4, -0.2) is 73.3 Å². The summed E-state index contributed by atoms with van der Waals surface area (Å²) in [5.41, 5.74) is 5.54. The summed E-state index contributed by atoms with van der Waals surface area (Å²) < 4.78 is 5.89. The van der Waals surface area contributed by atoms with E-state index in [0.717, 1.165) is 39.3 Å². The van der Waals surface area contributed by atoms with E-state index in [1.165, 1.54) is 0 Å². The fourth-order valence-corrected chi connectivity index (χ4v) is 2.70. The molecule has 2 rings (SSSR count). The first-order valence-electron chi connectivity index (χ1n) is 6.63. The molecule has 0 aromatic carbocycles. The van der Waals surface area contributed by atoms with E-state index in [2.05, 4.69) is 24.1 Å². The number of ether oxygens (including phenoxy) is 1. The Morgan fingerprint density at radius 2 is 2.28 bits per heavy atom. The van der Waals surface area contributed by atoms with Crippen molar-refractivity contribution in [2.75, 3.05) is 45.8 Å². The number of hydrogen-bond acceptors (Lipinski definition) is 4. The Morgan fingerprint density at radius 1 is 1.50 bits per heavy atom. The van der Waals surface area contributed by atoms with Crippen molar-refractivity contribution in [3.8, 4) is 0 Å². The Balaban J connectivity index is 1.82. The molecule has 0 saturated carbocycles. The first-order valence-corrected chi connectivity index (χ1v) is 6.63. The maximum atomic E-state index is 11.4. The van der Waals surface area contributed by atoms with E-state index in [1.54, 1.807) is 0 Å². The molecule has 0 aromatic rings. The van der Waals surface area contributed by atoms with Gasteiger partial charge in [0.15, 0.2) is 0 Å². The van der Waals surface area contributed by atoms with Gasteiger partial charge in [-0.25, -0.2) is 4.79 Å². The SMILES string of the molecule is CC1(C)CN(CCN2CCNC2=O)CC(CN)O1. The highest BCUT2D eigenvalue weighted by Crippen LogP contribution is 2.20. The third kappa shape index (κ3) is 3.34. The van der Waals surface area contributed by atoms with Gasteiger partial charge in [-0.1, -0.05) is 0 Å². The number of nitrogens with one attached hydrogen (secondary N) is 1. The van der Waals surface area contributed by atoms with Gasteiger partial charge in [-0.2, -0.15) is 0 Å². The van der Waals surface area contributed by atoms with Crippen molar-refractivity contribution >= 4 is 6.03 Å². The van der Waals surface area contributed by atoms with Crippen LogP contribution in [0.1, 0.15) is 13.8 Å². The largest absolute Gasteiger partial charge is 0.368 e. The molecule has 0 radical (unpaired) electrons. The minimum atomic E-state index is -0.157. The average Bonchev–Trinajstić information content (AvgIpc) is 2.70. The molecule has 2 amide bonds. The summed E-state index contributed by atoms with van der Waals surface area (Å²) in [7, 11) is 0. The quantitative estimate of drug-likeness (QED) is 0.708. The number of carbonyl (C=O) groups is 1. The molecule has 6 nitrogen and oxygen atoms in total. The fourth-order valence-electron chi connectivity index (χ4n) is 2.70. The molecule has 0 aromatic heterocycles. The van der Waals surface area contributed by atoms with Crippen LogP contribution in [0.2, 0.25) is 0 Å². The van der Waals surface area contributed by atoms with Gasteiger partial charge in [-0.15, -0.1) is 0 Å². The Labute approximate surface area is 108 Å². The topological polar surface area (TPSA) is 70.8 Å². The fraction of sp³-hybridized carbons (Fsp3) is 0.917. The van der Waals surface area contributed by atoms with Crippen LogP contribution >= 0.6 is 0 Å². The summed E-state index contributed by atoms with van der Waals surface area (Å²) in [6.45, 7) is 9.70. The van der Waals surface area contributed by atoms with Gasteiger partial charge >= 0.3 is 6.03 Å². The maximum absolute atomic E-state index is 11.4. The van der Waals surface area contributed by atoms with Gasteiger partial charge in [0.05, 0.1) is 11.7 Å². The Kier molecular flexibility index (Phi) is 4.09. The van der Waals surface area contributed by atoms with Gasteiger partial charge in [0.1, 0.15) is 0 Å². The van der Waals surface area contributed by atoms with Crippen LogP contribution < -0.4 is 11.1 Å². The number of rotatable bonds is 4. The molecule has 0 aliphatic carbocycles. The molecule has 2 aliphatic rings. The first kappa shape index (κ1) is 13.6. The molecule has 0 spiro atoms. The number of morpholine rings is 1. The summed E-state index contributed by atoms with van der Waals surface area (Å²) in [5, 5.41) is 2.82. The lowest BCUT2D eigenvalue weighted by atomic mass is 10.1. The Morgan fingerprint density at radius 3 is 2.89 bits per heavy atom. The number of hydrogen-bond donors (Lipinski definition) is 2. The molecule has 1 unspecified atom stereocenters. The molecule has 2 heterocycles. The zero-order valence-electron chi connectivity index (χ0n) is 11.3. The normalized spacial score (nSPS) is 28.5. The average molecular weight is 256 g/mol. The number of nitrogens with two attached hydrogens (primary N) is 1. The van der Waals surface area contributed by atoms with Crippen LogP contribution in [0, 0.1) is 0 Å². The second kappa shape index (κ2) is 5.42. The molecular formula is C12H24N4O2. The van der Waals surface area contributed by atoms with Crippen LogP contribution in [0.5, 0.6) is 0 Å². The number of carbonyl (C=O) groups excluding carboxylic acids is 1. The highest BCUT2D eigenvalue weighted by Gasteiger charge is 2.33. The van der Waals surface area contributed by atoms with Gasteiger partial charge in [0.25, 0.3) is 0 Å². The third-order valence-electron chi connectivity index (χ3n) is 3.45. The van der Waals surface area contributed by atoms with E-state index in [4.69, 9.17) is 10.5 Å². The maximum Gasteiger partial charge on any atom is 0.317 e. The predicted molar refractivity (Wildman–Crippen MR) is 69.4 cm³/mol. The van der Waals surface area contributed by atoms with Gasteiger partial charge in [-0.3, -0.25) is 4.90 Å². The summed E-state index contributed by atoms with van der Waals surface area (Å²) in [5.74, 6) is 0. The molecule has 2 saturated heterocycles. The van der Waals surface area contributed by atoms with Crippen LogP contribution in [0.15, 0.2) is 0 Å². The van der Waals surface area contributed by atoms with Crippen molar-refractivity contribution in [1.29, 1.82) is 0 Å². The smallest absolute Gasteiger partial charge is 0.317 e. The zero-order chi connectivity index (χ0) is 13.2. The number of nitrogens with zero attached hydrogens (tertiary/aromatic N) is 2. The summed E-state index contributed by atoms with van der Waals surface area (Å²) in [6, 6.07) is 0.0536. The van der Waals surface area contributed by atoms with Gasteiger partial charge in [-0.05, 0) is 13.8 Å². The first-order chi connectivity index (χ1) is 8.50. The molecule has 2 aliphatic heterocycles. The standard InChI is InChI=1S/C12H24N4O2/c1-12(2)9-15(8-10(7-13)18-12)5-6-16-4-3-14-11(16)17/h10H,3-9,13H2,1-2H3,(H,14,17). The zero-order valence-corrected chi connectivity index (χ0v) is 11.3. The van der Waals surface area contributed by atoms with Crippen molar-refractivity contribution in [3.05, 3.63) is 0 Å². The predicted octanol–water partition coefficient (Wildman–Crippen LogP) is -0.550. The van der Waals surface area contributed by atoms with Crippen molar-refractivity contribution in [2.24, 2.45) is 5.73 Å². The molecule has 104 valence electrons. The Hall–Kier alpha value is -0.850. The van der Waals surface area contributed by atoms with Crippen LogP contribution in [0.3, 0.4) is 0 Å². The summed E-state index contributed by atoms with van der Waals surface area (Å²) >= 11 is 0. The van der Waals surface area contributed by atoms with Crippen molar-refractivity contribution in [3.63, 3.8) is 0 Å². The van der Waals surface area contributed by atoms with E-state index >= 15 is 0 Å². The van der Waals surface area contributed by atoms with Crippen LogP contribution in [0.25, 0.3) is 0 Å². The van der Waals surface area contributed by atoms with Crippen LogP contribution in [0.4, 0.5) is 4.79 Å². The van der Waals surface area contributed by atoms with Crippen molar-refractivity contribution < 1.29 is 9.53 Å². The lowest BCUT2D eigenvalue weighted by molar-refractivity contribution is -0.132. The third-order valence-corrected chi connectivity index (χ3v) is 3.45. The van der Waals surface area contributed by atoms with Gasteiger partial charge < -0.3 is 20.7 Å². The molecule has 2 fully saturated rings. The molecule has 3 N–H and O–H groups in total. The lowest BCUT2D eigenvalue weighted by Gasteiger charge is -2.42. The second-order valence-electron chi connectivity index (χ2n) is 5.69. The molecule has 0 bridgehead atoms. The van der Waals surface area contributed by atoms with E-state index in [-0.39, 0.29) is 17.7 Å². The second-order valence-corrected chi connectivity index (χ2v) is 5.69. The molecule has 6 heteroatoms. The van der Waals surface area contributed by atoms with Crippen molar-refractivity contribution in [2.45, 2.75) is 25.6 Å². The lowest BCUT2D eigenvalue weighted by Crippen LogP contribution is -2.56. The molecule has 18 heavy (non-hydrogen) atoms. The van der Waals surface area contributed by atoms with E-state index in [1.807, 2.05) is 4.90 Å². The van der Waals surface area contributed by atoms with E-state index in [0.29, 0.717) is 6.54 Å². The highest BCUT2D eigenvalue weighted by molar-refractivity contribution is 5.76. The summed E-state index contributed by atoms with van der Waals surface area (Å²) in [4.78, 5) is 15.6. The van der Waals surface area contributed by atoms with Gasteiger partial charge in [0, 0.05) is 45.8 Å². The van der Waals surface area contributed by atoms with E-state index < -0.39 is 0 Å². The minimum absolute atomic E-state index is 0.0536. The van der Waals surface area contributed by atoms with Crippen molar-refractivity contribution in [1.82, 2.24) is 15.1 Å². The molecular weight excluding hydrogens is 232 g/mol. The number of urea groups is 1. The summed E-state index contributed by atoms with van der Waals surface area (Å²) in [6.07, 6.45) is 0.0983. The highest BCUT2D eigenvalue weighted by atomic mass is 16.5. The molecule has 1 atom stereocenters. The monoisotopic (exact) mass is 256 g/mol. The van der Waals surface area contributed by atoms with Gasteiger partial charge in [0.2, 0.25) is 0 Å². The van der Waals surface area contributed by atoms with E-state index in [9.17, 15) is 4.79 Å². The minimum Gasteiger partial charge on any atom is -0.368 e. The van der Waals surface area contributed by atoms with Crippen LogP contribution in [-0.2, 0) is 4.74 Å². The number of amides is 2.